The highest BCUT2D eigenvalue weighted by molar-refractivity contribution is 6.35. The summed E-state index contributed by atoms with van der Waals surface area (Å²) in [5.41, 5.74) is 1.48. The third-order valence-corrected chi connectivity index (χ3v) is 4.27. The lowest BCUT2D eigenvalue weighted by atomic mass is 10.1. The maximum Gasteiger partial charge on any atom is 0.340 e. The highest BCUT2D eigenvalue weighted by atomic mass is 35.5. The molecule has 6 nitrogen and oxygen atoms in total. The molecule has 1 aliphatic rings. The number of nitrogens with one attached hydrogen (secondary N) is 2. The topological polar surface area (TPSA) is 85.0 Å². The first kappa shape index (κ1) is 14.6. The average Bonchev–Trinajstić information content (AvgIpc) is 2.92. The molecule has 2 aromatic rings. The van der Waals surface area contributed by atoms with Crippen molar-refractivity contribution in [3.8, 4) is 0 Å². The van der Waals surface area contributed by atoms with Crippen LogP contribution in [0.15, 0.2) is 16.9 Å². The molecule has 0 bridgehead atoms. The normalized spacial score (nSPS) is 21.0. The van der Waals surface area contributed by atoms with Crippen LogP contribution >= 0.6 is 23.2 Å². The molecule has 2 atom stereocenters. The van der Waals surface area contributed by atoms with Gasteiger partial charge in [-0.25, -0.2) is 9.89 Å². The minimum Gasteiger partial charge on any atom is -0.391 e. The van der Waals surface area contributed by atoms with Crippen LogP contribution in [0.2, 0.25) is 10.0 Å². The molecule has 0 spiro atoms. The van der Waals surface area contributed by atoms with Gasteiger partial charge in [-0.3, -0.25) is 9.88 Å². The van der Waals surface area contributed by atoms with Crippen LogP contribution in [0.3, 0.4) is 0 Å². The minimum atomic E-state index is -0.577. The molecule has 21 heavy (non-hydrogen) atoms. The van der Waals surface area contributed by atoms with Crippen LogP contribution in [-0.2, 0) is 13.0 Å². The lowest BCUT2D eigenvalue weighted by Crippen LogP contribution is -2.31. The smallest absolute Gasteiger partial charge is 0.340 e. The number of likely N-dealkylation sites (N-methyl/N-ethyl adjacent to an activating group) is 1. The second kappa shape index (κ2) is 5.46. The SMILES string of the molecule is CN(Cc1n[nH]c(=O)[nH]1)[C@H]1c2cc(Cl)cc(Cl)c2C[C@@H]1O. The molecule has 1 aromatic carbocycles. The Morgan fingerprint density at radius 3 is 2.90 bits per heavy atom. The minimum absolute atomic E-state index is 0.239. The van der Waals surface area contributed by atoms with Gasteiger partial charge in [-0.2, -0.15) is 5.10 Å². The van der Waals surface area contributed by atoms with E-state index in [0.717, 1.165) is 11.1 Å². The van der Waals surface area contributed by atoms with Gasteiger partial charge < -0.3 is 5.11 Å². The van der Waals surface area contributed by atoms with Gasteiger partial charge in [-0.15, -0.1) is 0 Å². The number of hydrogen-bond acceptors (Lipinski definition) is 4. The number of hydrogen-bond donors (Lipinski definition) is 3. The number of aliphatic hydroxyl groups excluding tert-OH is 1. The van der Waals surface area contributed by atoms with Crippen molar-refractivity contribution in [3.63, 3.8) is 0 Å². The molecule has 0 saturated heterocycles. The third-order valence-electron chi connectivity index (χ3n) is 3.72. The van der Waals surface area contributed by atoms with Crippen LogP contribution < -0.4 is 5.69 Å². The van der Waals surface area contributed by atoms with Gasteiger partial charge in [0, 0.05) is 16.5 Å². The molecule has 1 aromatic heterocycles. The highest BCUT2D eigenvalue weighted by Crippen LogP contribution is 2.40. The van der Waals surface area contributed by atoms with Gasteiger partial charge in [0.1, 0.15) is 5.82 Å². The Balaban J connectivity index is 1.91. The van der Waals surface area contributed by atoms with Gasteiger partial charge in [0.25, 0.3) is 0 Å². The van der Waals surface area contributed by atoms with Crippen molar-refractivity contribution in [2.75, 3.05) is 7.05 Å². The number of aromatic amines is 2. The van der Waals surface area contributed by atoms with Gasteiger partial charge in [0.2, 0.25) is 0 Å². The molecule has 112 valence electrons. The van der Waals surface area contributed by atoms with E-state index in [-0.39, 0.29) is 11.7 Å². The van der Waals surface area contributed by atoms with Crippen LogP contribution in [0.1, 0.15) is 23.0 Å². The first-order valence-corrected chi connectivity index (χ1v) is 7.21. The Labute approximate surface area is 130 Å². The number of rotatable bonds is 3. The number of halogens is 2. The zero-order valence-corrected chi connectivity index (χ0v) is 12.7. The Hall–Kier alpha value is -1.34. The standard InChI is InChI=1S/C13H14Cl2N4O2/c1-19(5-11-16-13(21)18-17-11)12-8-2-6(14)3-9(15)7(8)4-10(12)20/h2-3,10,12,20H,4-5H2,1H3,(H2,16,17,18,21)/t10-,12-/m0/s1. The molecule has 1 heterocycles. The maximum atomic E-state index is 11.1. The van der Waals surface area contributed by atoms with E-state index in [0.29, 0.717) is 28.8 Å². The molecular formula is C13H14Cl2N4O2. The summed E-state index contributed by atoms with van der Waals surface area (Å²) in [6, 6.07) is 3.27. The molecule has 0 radical (unpaired) electrons. The van der Waals surface area contributed by atoms with Gasteiger partial charge in [-0.05, 0) is 30.3 Å². The molecule has 3 N–H and O–H groups in total. The van der Waals surface area contributed by atoms with Crippen molar-refractivity contribution >= 4 is 23.2 Å². The molecule has 0 aliphatic heterocycles. The van der Waals surface area contributed by atoms with Crippen molar-refractivity contribution in [2.45, 2.75) is 25.1 Å². The van der Waals surface area contributed by atoms with Gasteiger partial charge in [0.15, 0.2) is 0 Å². The van der Waals surface area contributed by atoms with E-state index in [2.05, 4.69) is 15.2 Å². The molecule has 0 saturated carbocycles. The van der Waals surface area contributed by atoms with E-state index in [9.17, 15) is 9.90 Å². The Kier molecular flexibility index (Phi) is 3.79. The summed E-state index contributed by atoms with van der Waals surface area (Å²) in [5.74, 6) is 0.510. The molecule has 0 amide bonds. The van der Waals surface area contributed by atoms with Crippen LogP contribution in [0, 0.1) is 0 Å². The van der Waals surface area contributed by atoms with E-state index in [1.54, 1.807) is 6.07 Å². The van der Waals surface area contributed by atoms with E-state index in [1.807, 2.05) is 18.0 Å². The van der Waals surface area contributed by atoms with Gasteiger partial charge in [-0.1, -0.05) is 23.2 Å². The number of aromatic nitrogens is 3. The van der Waals surface area contributed by atoms with E-state index >= 15 is 0 Å². The number of nitrogens with zero attached hydrogens (tertiary/aromatic N) is 2. The van der Waals surface area contributed by atoms with Crippen molar-refractivity contribution in [1.82, 2.24) is 20.1 Å². The highest BCUT2D eigenvalue weighted by Gasteiger charge is 2.35. The predicted octanol–water partition coefficient (Wildman–Crippen LogP) is 1.49. The Morgan fingerprint density at radius 2 is 2.24 bits per heavy atom. The Bertz CT molecular complexity index is 727. The lowest BCUT2D eigenvalue weighted by Gasteiger charge is -2.27. The summed E-state index contributed by atoms with van der Waals surface area (Å²) in [4.78, 5) is 15.6. The fourth-order valence-corrected chi connectivity index (χ4v) is 3.46. The van der Waals surface area contributed by atoms with Gasteiger partial charge in [0.05, 0.1) is 18.7 Å². The van der Waals surface area contributed by atoms with Crippen LogP contribution in [-0.4, -0.2) is 38.3 Å². The molecule has 3 rings (SSSR count). The number of benzene rings is 1. The molecule has 0 unspecified atom stereocenters. The van der Waals surface area contributed by atoms with Gasteiger partial charge >= 0.3 is 5.69 Å². The first-order chi connectivity index (χ1) is 9.95. The molecule has 0 fully saturated rings. The molecule has 8 heteroatoms. The maximum absolute atomic E-state index is 11.1. The zero-order chi connectivity index (χ0) is 15.1. The van der Waals surface area contributed by atoms with E-state index < -0.39 is 6.10 Å². The summed E-state index contributed by atoms with van der Waals surface area (Å²) in [7, 11) is 1.85. The number of H-pyrrole nitrogens is 2. The molecular weight excluding hydrogens is 315 g/mol. The Morgan fingerprint density at radius 1 is 1.48 bits per heavy atom. The summed E-state index contributed by atoms with van der Waals surface area (Å²) in [5, 5.41) is 17.6. The van der Waals surface area contributed by atoms with Crippen molar-refractivity contribution in [3.05, 3.63) is 49.6 Å². The van der Waals surface area contributed by atoms with Crippen LogP contribution in [0.5, 0.6) is 0 Å². The lowest BCUT2D eigenvalue weighted by molar-refractivity contribution is 0.0711. The summed E-state index contributed by atoms with van der Waals surface area (Å²) >= 11 is 12.3. The fraction of sp³-hybridized carbons (Fsp3) is 0.385. The van der Waals surface area contributed by atoms with E-state index in [1.165, 1.54) is 0 Å². The van der Waals surface area contributed by atoms with Crippen molar-refractivity contribution in [2.24, 2.45) is 0 Å². The zero-order valence-electron chi connectivity index (χ0n) is 11.2. The molecule has 1 aliphatic carbocycles. The van der Waals surface area contributed by atoms with Crippen molar-refractivity contribution in [1.29, 1.82) is 0 Å². The van der Waals surface area contributed by atoms with Crippen LogP contribution in [0.25, 0.3) is 0 Å². The largest absolute Gasteiger partial charge is 0.391 e. The predicted molar refractivity (Wildman–Crippen MR) is 79.6 cm³/mol. The monoisotopic (exact) mass is 328 g/mol. The quantitative estimate of drug-likeness (QED) is 0.797. The van der Waals surface area contributed by atoms with Crippen molar-refractivity contribution < 1.29 is 5.11 Å². The fourth-order valence-electron chi connectivity index (χ4n) is 2.88. The summed E-state index contributed by atoms with van der Waals surface area (Å²) in [6.07, 6.45) is -0.0936. The van der Waals surface area contributed by atoms with E-state index in [4.69, 9.17) is 23.2 Å². The third kappa shape index (κ3) is 2.72. The second-order valence-corrected chi connectivity index (χ2v) is 6.05. The number of fused-ring (bicyclic) bond motifs is 1. The first-order valence-electron chi connectivity index (χ1n) is 6.45. The number of aliphatic hydroxyl groups is 1. The summed E-state index contributed by atoms with van der Waals surface area (Å²) in [6.45, 7) is 0.393. The summed E-state index contributed by atoms with van der Waals surface area (Å²) < 4.78 is 0. The van der Waals surface area contributed by atoms with Crippen LogP contribution in [0.4, 0.5) is 0 Å². The average molecular weight is 329 g/mol. The second-order valence-electron chi connectivity index (χ2n) is 5.21.